The Morgan fingerprint density at radius 2 is 2.07 bits per heavy atom. The molecule has 3 rings (SSSR count). The second kappa shape index (κ2) is 8.77. The molecule has 1 aliphatic heterocycles. The van der Waals surface area contributed by atoms with Crippen molar-refractivity contribution in [1.29, 1.82) is 0 Å². The Morgan fingerprint density at radius 1 is 1.30 bits per heavy atom. The van der Waals surface area contributed by atoms with Crippen LogP contribution < -0.4 is 20.3 Å². The number of carbonyl (C=O) groups excluding carboxylic acids is 2. The number of carbonyl (C=O) groups is 2. The first kappa shape index (κ1) is 19.0. The van der Waals surface area contributed by atoms with E-state index in [0.717, 1.165) is 23.0 Å². The largest absolute Gasteiger partial charge is 0.497 e. The maximum Gasteiger partial charge on any atom is 0.239 e. The minimum Gasteiger partial charge on any atom is -0.497 e. The minimum absolute atomic E-state index is 0.00943. The van der Waals surface area contributed by atoms with Gasteiger partial charge < -0.3 is 20.3 Å². The van der Waals surface area contributed by atoms with E-state index in [-0.39, 0.29) is 17.1 Å². The molecule has 1 saturated heterocycles. The van der Waals surface area contributed by atoms with Gasteiger partial charge in [0.15, 0.2) is 0 Å². The number of amides is 2. The summed E-state index contributed by atoms with van der Waals surface area (Å²) in [6.07, 6.45) is 1.62. The van der Waals surface area contributed by atoms with Gasteiger partial charge in [0.2, 0.25) is 11.8 Å². The number of piperazine rings is 1. The second-order valence-corrected chi connectivity index (χ2v) is 7.52. The summed E-state index contributed by atoms with van der Waals surface area (Å²) in [5.74, 6) is 1.41. The molecule has 1 atom stereocenters. The number of hydrogen-bond acceptors (Lipinski definition) is 6. The molecule has 1 aliphatic rings. The number of nitrogens with zero attached hydrogens (tertiary/aromatic N) is 2. The van der Waals surface area contributed by atoms with Crippen LogP contribution in [0.15, 0.2) is 47.5 Å². The quantitative estimate of drug-likeness (QED) is 0.740. The summed E-state index contributed by atoms with van der Waals surface area (Å²) >= 11 is 1.48. The van der Waals surface area contributed by atoms with Gasteiger partial charge in [0.25, 0.3) is 0 Å². The van der Waals surface area contributed by atoms with Crippen LogP contribution in [0.25, 0.3) is 0 Å². The molecule has 142 valence electrons. The molecule has 7 nitrogen and oxygen atoms in total. The Balaban J connectivity index is 1.55. The Labute approximate surface area is 162 Å². The zero-order chi connectivity index (χ0) is 19.2. The van der Waals surface area contributed by atoms with Gasteiger partial charge in [-0.3, -0.25) is 9.59 Å². The maximum absolute atomic E-state index is 12.4. The lowest BCUT2D eigenvalue weighted by atomic mass is 10.3. The van der Waals surface area contributed by atoms with Gasteiger partial charge in [-0.25, -0.2) is 4.98 Å². The Morgan fingerprint density at radius 3 is 2.70 bits per heavy atom. The molecule has 8 heteroatoms. The Kier molecular flexibility index (Phi) is 6.18. The third-order valence-corrected chi connectivity index (χ3v) is 5.23. The van der Waals surface area contributed by atoms with Crippen LogP contribution in [0.2, 0.25) is 0 Å². The molecule has 0 aliphatic carbocycles. The van der Waals surface area contributed by atoms with Crippen molar-refractivity contribution in [3.8, 4) is 5.75 Å². The van der Waals surface area contributed by atoms with E-state index >= 15 is 0 Å². The van der Waals surface area contributed by atoms with Crippen LogP contribution in [-0.2, 0) is 9.59 Å². The van der Waals surface area contributed by atoms with E-state index in [1.165, 1.54) is 11.8 Å². The average molecular weight is 386 g/mol. The van der Waals surface area contributed by atoms with Gasteiger partial charge in [0.1, 0.15) is 11.6 Å². The summed E-state index contributed by atoms with van der Waals surface area (Å²) in [7, 11) is 1.62. The predicted octanol–water partition coefficient (Wildman–Crippen LogP) is 2.15. The molecule has 0 radical (unpaired) electrons. The highest BCUT2D eigenvalue weighted by atomic mass is 32.2. The highest BCUT2D eigenvalue weighted by Crippen LogP contribution is 2.26. The Hall–Kier alpha value is -2.74. The van der Waals surface area contributed by atoms with E-state index in [1.54, 1.807) is 19.4 Å². The zero-order valence-corrected chi connectivity index (χ0v) is 16.1. The van der Waals surface area contributed by atoms with E-state index in [9.17, 15) is 9.59 Å². The summed E-state index contributed by atoms with van der Waals surface area (Å²) in [5, 5.41) is 5.40. The third kappa shape index (κ3) is 5.13. The van der Waals surface area contributed by atoms with E-state index in [4.69, 9.17) is 4.74 Å². The normalized spacial score (nSPS) is 15.0. The third-order valence-electron chi connectivity index (χ3n) is 4.12. The summed E-state index contributed by atoms with van der Waals surface area (Å²) in [6.45, 7) is 3.49. The van der Waals surface area contributed by atoms with Crippen molar-refractivity contribution in [3.05, 3.63) is 42.6 Å². The number of nitrogens with one attached hydrogen (secondary N) is 2. The van der Waals surface area contributed by atoms with Gasteiger partial charge in [-0.15, -0.1) is 11.8 Å². The lowest BCUT2D eigenvalue weighted by Gasteiger charge is -2.27. The highest BCUT2D eigenvalue weighted by molar-refractivity contribution is 8.00. The SMILES string of the molecule is COc1ccc(SC(C)C(=O)Nc2ccc(N3CCNC(=O)C3)nc2)cc1. The van der Waals surface area contributed by atoms with Crippen molar-refractivity contribution >= 4 is 35.1 Å². The molecule has 2 aromatic rings. The van der Waals surface area contributed by atoms with Crippen LogP contribution in [0, 0.1) is 0 Å². The van der Waals surface area contributed by atoms with Gasteiger partial charge >= 0.3 is 0 Å². The number of pyridine rings is 1. The molecule has 2 amide bonds. The maximum atomic E-state index is 12.4. The predicted molar refractivity (Wildman–Crippen MR) is 106 cm³/mol. The molecule has 2 heterocycles. The van der Waals surface area contributed by atoms with Crippen molar-refractivity contribution in [2.75, 3.05) is 37.0 Å². The standard InChI is InChI=1S/C19H22N4O3S/c1-13(27-16-6-4-15(26-2)5-7-16)19(25)22-14-3-8-17(21-11-14)23-10-9-20-18(24)12-23/h3-8,11,13H,9-10,12H2,1-2H3,(H,20,24)(H,22,25). The summed E-state index contributed by atoms with van der Waals surface area (Å²) in [6, 6.07) is 11.2. The molecule has 1 aromatic heterocycles. The topological polar surface area (TPSA) is 83.6 Å². The molecule has 0 saturated carbocycles. The van der Waals surface area contributed by atoms with E-state index in [0.29, 0.717) is 18.8 Å². The number of methoxy groups -OCH3 is 1. The molecule has 0 bridgehead atoms. The summed E-state index contributed by atoms with van der Waals surface area (Å²) in [5.41, 5.74) is 0.632. The fourth-order valence-electron chi connectivity index (χ4n) is 2.64. The van der Waals surface area contributed by atoms with Crippen molar-refractivity contribution in [1.82, 2.24) is 10.3 Å². The van der Waals surface area contributed by atoms with Crippen molar-refractivity contribution in [3.63, 3.8) is 0 Å². The van der Waals surface area contributed by atoms with E-state index < -0.39 is 0 Å². The van der Waals surface area contributed by atoms with Crippen LogP contribution in [0.3, 0.4) is 0 Å². The summed E-state index contributed by atoms with van der Waals surface area (Å²) < 4.78 is 5.14. The van der Waals surface area contributed by atoms with Gasteiger partial charge in [-0.1, -0.05) is 0 Å². The van der Waals surface area contributed by atoms with Gasteiger partial charge in [0.05, 0.1) is 30.8 Å². The monoisotopic (exact) mass is 386 g/mol. The zero-order valence-electron chi connectivity index (χ0n) is 15.3. The number of hydrogen-bond donors (Lipinski definition) is 2. The van der Waals surface area contributed by atoms with Gasteiger partial charge in [-0.2, -0.15) is 0 Å². The second-order valence-electron chi connectivity index (χ2n) is 6.10. The van der Waals surface area contributed by atoms with Crippen LogP contribution in [0.4, 0.5) is 11.5 Å². The molecule has 1 aromatic carbocycles. The number of anilines is 2. The molecular formula is C19H22N4O3S. The molecule has 1 unspecified atom stereocenters. The highest BCUT2D eigenvalue weighted by Gasteiger charge is 2.18. The van der Waals surface area contributed by atoms with Gasteiger partial charge in [-0.05, 0) is 43.3 Å². The molecule has 1 fully saturated rings. The number of aromatic nitrogens is 1. The van der Waals surface area contributed by atoms with Crippen molar-refractivity contribution in [2.45, 2.75) is 17.1 Å². The number of rotatable bonds is 6. The lowest BCUT2D eigenvalue weighted by Crippen LogP contribution is -2.48. The lowest BCUT2D eigenvalue weighted by molar-refractivity contribution is -0.120. The van der Waals surface area contributed by atoms with Crippen LogP contribution in [0.1, 0.15) is 6.92 Å². The first-order valence-corrected chi connectivity index (χ1v) is 9.52. The molecule has 2 N–H and O–H groups in total. The summed E-state index contributed by atoms with van der Waals surface area (Å²) in [4.78, 5) is 31.2. The Bertz CT molecular complexity index is 796. The number of benzene rings is 1. The molecule has 27 heavy (non-hydrogen) atoms. The van der Waals surface area contributed by atoms with E-state index in [2.05, 4.69) is 15.6 Å². The first-order valence-electron chi connectivity index (χ1n) is 8.64. The number of ether oxygens (including phenoxy) is 1. The average Bonchev–Trinajstić information content (AvgIpc) is 2.69. The minimum atomic E-state index is -0.260. The van der Waals surface area contributed by atoms with Crippen LogP contribution >= 0.6 is 11.8 Å². The fraction of sp³-hybridized carbons (Fsp3) is 0.316. The van der Waals surface area contributed by atoms with Crippen LogP contribution in [0.5, 0.6) is 5.75 Å². The first-order chi connectivity index (χ1) is 13.0. The van der Waals surface area contributed by atoms with Gasteiger partial charge in [0, 0.05) is 18.0 Å². The smallest absolute Gasteiger partial charge is 0.239 e. The van der Waals surface area contributed by atoms with Crippen molar-refractivity contribution < 1.29 is 14.3 Å². The number of thioether (sulfide) groups is 1. The molecule has 0 spiro atoms. The van der Waals surface area contributed by atoms with Crippen molar-refractivity contribution in [2.24, 2.45) is 0 Å². The fourth-order valence-corrected chi connectivity index (χ4v) is 3.50. The molecular weight excluding hydrogens is 364 g/mol. The van der Waals surface area contributed by atoms with Crippen LogP contribution in [-0.4, -0.2) is 48.8 Å². The van der Waals surface area contributed by atoms with E-state index in [1.807, 2.05) is 42.2 Å².